The van der Waals surface area contributed by atoms with Gasteiger partial charge >= 0.3 is 0 Å². The van der Waals surface area contributed by atoms with Crippen LogP contribution in [0.25, 0.3) is 100 Å². The Morgan fingerprint density at radius 1 is 0.279 bits per heavy atom. The lowest BCUT2D eigenvalue weighted by Crippen LogP contribution is -2.14. The highest BCUT2D eigenvalue weighted by Crippen LogP contribution is 2.49. The lowest BCUT2D eigenvalue weighted by atomic mass is 9.82. The number of fused-ring (bicyclic) bond motifs is 4. The van der Waals surface area contributed by atoms with Gasteiger partial charge in [-0.25, -0.2) is 9.97 Å². The van der Waals surface area contributed by atoms with Crippen molar-refractivity contribution < 1.29 is 0 Å². The zero-order valence-corrected chi connectivity index (χ0v) is 34.2. The van der Waals surface area contributed by atoms with Gasteiger partial charge in [-0.3, -0.25) is 0 Å². The van der Waals surface area contributed by atoms with Crippen LogP contribution < -0.4 is 0 Å². The second-order valence-electron chi connectivity index (χ2n) is 16.6. The smallest absolute Gasteiger partial charge is 0.160 e. The molecule has 0 aliphatic heterocycles. The van der Waals surface area contributed by atoms with E-state index < -0.39 is 0 Å². The molecule has 0 saturated carbocycles. The van der Waals surface area contributed by atoms with Gasteiger partial charge in [0.2, 0.25) is 0 Å². The Morgan fingerprint density at radius 3 is 1.49 bits per heavy atom. The molecule has 0 amide bonds. The van der Waals surface area contributed by atoms with Gasteiger partial charge in [-0.2, -0.15) is 0 Å². The zero-order valence-electron chi connectivity index (χ0n) is 34.2. The summed E-state index contributed by atoms with van der Waals surface area (Å²) in [6.07, 6.45) is 0. The molecule has 0 atom stereocenters. The summed E-state index contributed by atoms with van der Waals surface area (Å²) in [6, 6.07) is 78.6. The van der Waals surface area contributed by atoms with Crippen molar-refractivity contribution in [1.29, 1.82) is 0 Å². The Bertz CT molecular complexity index is 3240. The van der Waals surface area contributed by atoms with E-state index in [0.29, 0.717) is 5.82 Å². The van der Waals surface area contributed by atoms with E-state index >= 15 is 0 Å². The van der Waals surface area contributed by atoms with E-state index in [2.05, 4.69) is 208 Å². The fraction of sp³-hybridized carbons (Fsp3) is 0.0508. The molecule has 0 radical (unpaired) electrons. The molecule has 2 nitrogen and oxygen atoms in total. The summed E-state index contributed by atoms with van der Waals surface area (Å²) >= 11 is 0. The summed E-state index contributed by atoms with van der Waals surface area (Å²) in [5.41, 5.74) is 20.0. The van der Waals surface area contributed by atoms with Gasteiger partial charge in [-0.1, -0.05) is 214 Å². The van der Waals surface area contributed by atoms with Crippen molar-refractivity contribution in [3.8, 4) is 89.5 Å². The summed E-state index contributed by atoms with van der Waals surface area (Å²) in [5, 5.41) is 2.34. The maximum Gasteiger partial charge on any atom is 0.160 e. The molecule has 0 fully saturated rings. The van der Waals surface area contributed by atoms with Gasteiger partial charge in [0.25, 0.3) is 0 Å². The van der Waals surface area contributed by atoms with Gasteiger partial charge in [0.15, 0.2) is 5.82 Å². The monoisotopic (exact) mass is 778 g/mol. The summed E-state index contributed by atoms with van der Waals surface area (Å²) < 4.78 is 0. The molecule has 0 saturated heterocycles. The molecular weight excluding hydrogens is 737 g/mol. The largest absolute Gasteiger partial charge is 0.228 e. The number of hydrogen-bond donors (Lipinski definition) is 0. The lowest BCUT2D eigenvalue weighted by Gasteiger charge is -2.21. The van der Waals surface area contributed by atoms with Crippen molar-refractivity contribution >= 4 is 10.8 Å². The molecule has 9 aromatic carbocycles. The molecule has 0 bridgehead atoms. The fourth-order valence-electron chi connectivity index (χ4n) is 9.31. The van der Waals surface area contributed by atoms with Crippen molar-refractivity contribution in [3.63, 3.8) is 0 Å². The van der Waals surface area contributed by atoms with E-state index in [1.54, 1.807) is 0 Å². The van der Waals surface area contributed by atoms with Crippen LogP contribution in [0.3, 0.4) is 0 Å². The Kier molecular flexibility index (Phi) is 8.86. The summed E-state index contributed by atoms with van der Waals surface area (Å²) in [5.74, 6) is 0.707. The van der Waals surface area contributed by atoms with Crippen molar-refractivity contribution in [3.05, 3.63) is 230 Å². The number of aromatic nitrogens is 2. The molecule has 288 valence electrons. The van der Waals surface area contributed by atoms with E-state index in [4.69, 9.17) is 9.97 Å². The molecule has 10 aromatic rings. The predicted octanol–water partition coefficient (Wildman–Crippen LogP) is 15.6. The summed E-state index contributed by atoms with van der Waals surface area (Å²) in [7, 11) is 0. The van der Waals surface area contributed by atoms with Gasteiger partial charge in [0, 0.05) is 22.1 Å². The van der Waals surface area contributed by atoms with Crippen LogP contribution in [-0.2, 0) is 5.41 Å². The fourth-order valence-corrected chi connectivity index (χ4v) is 9.31. The standard InChI is InChI=1S/C59H42N2/c1-59(2)54-23-12-11-22-51(54)53-37-47(32-35-55(53)59)46-19-13-18-45(36-46)41-24-28-42(29-25-41)48-33-34-52(50-21-10-9-20-49(48)50)57-38-56(60-58(61-57)44-16-7-4-8-17-44)43-30-26-40(27-31-43)39-14-5-3-6-15-39/h3-38H,1-2H3. The van der Waals surface area contributed by atoms with Crippen LogP contribution in [0.1, 0.15) is 25.0 Å². The van der Waals surface area contributed by atoms with Crippen molar-refractivity contribution in [2.45, 2.75) is 19.3 Å². The Morgan fingerprint density at radius 2 is 0.754 bits per heavy atom. The average molecular weight is 779 g/mol. The Labute approximate surface area is 357 Å². The van der Waals surface area contributed by atoms with Crippen molar-refractivity contribution in [2.75, 3.05) is 0 Å². The van der Waals surface area contributed by atoms with Crippen LogP contribution in [0.4, 0.5) is 0 Å². The first-order valence-corrected chi connectivity index (χ1v) is 21.1. The van der Waals surface area contributed by atoms with Gasteiger partial charge in [-0.05, 0) is 95.7 Å². The van der Waals surface area contributed by atoms with Crippen LogP contribution in [0.15, 0.2) is 218 Å². The first-order chi connectivity index (χ1) is 30.0. The number of nitrogens with zero attached hydrogens (tertiary/aromatic N) is 2. The molecule has 11 rings (SSSR count). The van der Waals surface area contributed by atoms with E-state index in [9.17, 15) is 0 Å². The van der Waals surface area contributed by atoms with Crippen LogP contribution >= 0.6 is 0 Å². The van der Waals surface area contributed by atoms with E-state index in [0.717, 1.165) is 33.5 Å². The number of benzene rings is 9. The highest BCUT2D eigenvalue weighted by Gasteiger charge is 2.35. The second kappa shape index (κ2) is 14.9. The third kappa shape index (κ3) is 6.54. The number of hydrogen-bond acceptors (Lipinski definition) is 2. The predicted molar refractivity (Wildman–Crippen MR) is 255 cm³/mol. The topological polar surface area (TPSA) is 25.8 Å². The molecule has 1 heterocycles. The molecule has 1 aromatic heterocycles. The van der Waals surface area contributed by atoms with Gasteiger partial charge < -0.3 is 0 Å². The molecule has 0 spiro atoms. The molecule has 61 heavy (non-hydrogen) atoms. The van der Waals surface area contributed by atoms with Crippen LogP contribution in [0.2, 0.25) is 0 Å². The Balaban J connectivity index is 0.933. The second-order valence-corrected chi connectivity index (χ2v) is 16.6. The van der Waals surface area contributed by atoms with E-state index in [-0.39, 0.29) is 5.41 Å². The molecular formula is C59H42N2. The quantitative estimate of drug-likeness (QED) is 0.161. The highest BCUT2D eigenvalue weighted by molar-refractivity contribution is 6.05. The highest BCUT2D eigenvalue weighted by atomic mass is 14.9. The summed E-state index contributed by atoms with van der Waals surface area (Å²) in [6.45, 7) is 4.67. The first-order valence-electron chi connectivity index (χ1n) is 21.1. The van der Waals surface area contributed by atoms with Gasteiger partial charge in [0.05, 0.1) is 11.4 Å². The third-order valence-corrected chi connectivity index (χ3v) is 12.6. The van der Waals surface area contributed by atoms with Crippen LogP contribution in [-0.4, -0.2) is 9.97 Å². The maximum absolute atomic E-state index is 5.21. The van der Waals surface area contributed by atoms with E-state index in [1.807, 2.05) is 24.3 Å². The number of rotatable bonds is 7. The third-order valence-electron chi connectivity index (χ3n) is 12.6. The SMILES string of the molecule is CC1(C)c2ccccc2-c2cc(-c3cccc(-c4ccc(-c5ccc(-c6cc(-c7ccc(-c8ccccc8)cc7)nc(-c7ccccc7)n6)c6ccccc56)cc4)c3)ccc21. The van der Waals surface area contributed by atoms with E-state index in [1.165, 1.54) is 72.1 Å². The normalized spacial score (nSPS) is 12.6. The van der Waals surface area contributed by atoms with Crippen LogP contribution in [0, 0.1) is 0 Å². The van der Waals surface area contributed by atoms with Gasteiger partial charge in [-0.15, -0.1) is 0 Å². The minimum atomic E-state index is 0.00161. The first kappa shape index (κ1) is 36.4. The minimum Gasteiger partial charge on any atom is -0.228 e. The molecule has 2 heteroatoms. The maximum atomic E-state index is 5.21. The average Bonchev–Trinajstić information content (AvgIpc) is 3.57. The lowest BCUT2D eigenvalue weighted by molar-refractivity contribution is 0.660. The summed E-state index contributed by atoms with van der Waals surface area (Å²) in [4.78, 5) is 10.3. The van der Waals surface area contributed by atoms with Crippen molar-refractivity contribution in [1.82, 2.24) is 9.97 Å². The Hall–Kier alpha value is -7.68. The van der Waals surface area contributed by atoms with Crippen LogP contribution in [0.5, 0.6) is 0 Å². The van der Waals surface area contributed by atoms with Gasteiger partial charge in [0.1, 0.15) is 0 Å². The molecule has 0 unspecified atom stereocenters. The minimum absolute atomic E-state index is 0.00161. The zero-order chi connectivity index (χ0) is 40.9. The molecule has 1 aliphatic carbocycles. The molecule has 0 N–H and O–H groups in total. The van der Waals surface area contributed by atoms with Crippen molar-refractivity contribution in [2.24, 2.45) is 0 Å². The molecule has 1 aliphatic rings.